The minimum Gasteiger partial charge on any atom is -0.367 e. The number of nitrogens with one attached hydrogen (secondary N) is 1. The molecule has 5 heteroatoms. The van der Waals surface area contributed by atoms with Gasteiger partial charge in [0.25, 0.3) is 0 Å². The molecule has 1 aliphatic carbocycles. The SMILES string of the molecule is CCS(=O)C1CCCC(Nc2ccc(C#N)cn2)C1. The fraction of sp³-hybridized carbons (Fsp3) is 0.571. The van der Waals surface area contributed by atoms with E-state index in [2.05, 4.69) is 16.4 Å². The largest absolute Gasteiger partial charge is 0.367 e. The molecule has 0 spiro atoms. The molecule has 0 aromatic carbocycles. The van der Waals surface area contributed by atoms with Crippen LogP contribution in [0.4, 0.5) is 5.82 Å². The minimum absolute atomic E-state index is 0.314. The van der Waals surface area contributed by atoms with Crippen LogP contribution in [0.15, 0.2) is 18.3 Å². The van der Waals surface area contributed by atoms with E-state index in [1.54, 1.807) is 12.3 Å². The number of hydrogen-bond acceptors (Lipinski definition) is 4. The second-order valence-corrected chi connectivity index (χ2v) is 6.85. The highest BCUT2D eigenvalue weighted by Crippen LogP contribution is 2.25. The van der Waals surface area contributed by atoms with Crippen LogP contribution in [-0.2, 0) is 10.8 Å². The van der Waals surface area contributed by atoms with Crippen molar-refractivity contribution in [3.63, 3.8) is 0 Å². The van der Waals surface area contributed by atoms with Gasteiger partial charge in [-0.2, -0.15) is 5.26 Å². The van der Waals surface area contributed by atoms with Crippen LogP contribution in [0, 0.1) is 11.3 Å². The highest BCUT2D eigenvalue weighted by Gasteiger charge is 2.25. The first-order valence-electron chi connectivity index (χ1n) is 6.72. The summed E-state index contributed by atoms with van der Waals surface area (Å²) in [6.45, 7) is 1.98. The molecule has 2 rings (SSSR count). The molecule has 1 saturated carbocycles. The number of nitrogens with zero attached hydrogens (tertiary/aromatic N) is 2. The van der Waals surface area contributed by atoms with E-state index in [1.165, 1.54) is 0 Å². The molecule has 0 saturated heterocycles. The van der Waals surface area contributed by atoms with Crippen molar-refractivity contribution < 1.29 is 4.21 Å². The lowest BCUT2D eigenvalue weighted by atomic mass is 9.95. The van der Waals surface area contributed by atoms with Gasteiger partial charge < -0.3 is 5.32 Å². The topological polar surface area (TPSA) is 65.8 Å². The number of nitriles is 1. The third-order valence-electron chi connectivity index (χ3n) is 3.53. The Kier molecular flexibility index (Phi) is 4.92. The van der Waals surface area contributed by atoms with Gasteiger partial charge >= 0.3 is 0 Å². The van der Waals surface area contributed by atoms with Crippen molar-refractivity contribution in [1.29, 1.82) is 5.26 Å². The van der Waals surface area contributed by atoms with Crippen LogP contribution in [0.25, 0.3) is 0 Å². The van der Waals surface area contributed by atoms with Gasteiger partial charge in [0, 0.05) is 34.0 Å². The van der Waals surface area contributed by atoms with Crippen molar-refractivity contribution >= 4 is 16.6 Å². The zero-order valence-electron chi connectivity index (χ0n) is 11.1. The summed E-state index contributed by atoms with van der Waals surface area (Å²) in [6.07, 6.45) is 5.80. The van der Waals surface area contributed by atoms with E-state index in [1.807, 2.05) is 13.0 Å². The molecule has 3 atom stereocenters. The van der Waals surface area contributed by atoms with Crippen LogP contribution in [0.3, 0.4) is 0 Å². The van der Waals surface area contributed by atoms with Crippen molar-refractivity contribution in [2.45, 2.75) is 43.9 Å². The van der Waals surface area contributed by atoms with Crippen molar-refractivity contribution in [3.05, 3.63) is 23.9 Å². The predicted octanol–water partition coefficient (Wildman–Crippen LogP) is 2.44. The Morgan fingerprint density at radius 1 is 1.53 bits per heavy atom. The van der Waals surface area contributed by atoms with Crippen molar-refractivity contribution in [1.82, 2.24) is 4.98 Å². The Morgan fingerprint density at radius 3 is 3.00 bits per heavy atom. The molecule has 0 radical (unpaired) electrons. The van der Waals surface area contributed by atoms with Gasteiger partial charge in [-0.1, -0.05) is 13.3 Å². The van der Waals surface area contributed by atoms with Crippen molar-refractivity contribution in [2.24, 2.45) is 0 Å². The Morgan fingerprint density at radius 2 is 2.37 bits per heavy atom. The molecule has 1 N–H and O–H groups in total. The Hall–Kier alpha value is -1.41. The second-order valence-electron chi connectivity index (χ2n) is 4.84. The highest BCUT2D eigenvalue weighted by molar-refractivity contribution is 7.85. The average Bonchev–Trinajstić information content (AvgIpc) is 2.47. The zero-order chi connectivity index (χ0) is 13.7. The van der Waals surface area contributed by atoms with E-state index < -0.39 is 10.8 Å². The summed E-state index contributed by atoms with van der Waals surface area (Å²) >= 11 is 0. The maximum absolute atomic E-state index is 11.9. The smallest absolute Gasteiger partial charge is 0.126 e. The van der Waals surface area contributed by atoms with Crippen molar-refractivity contribution in [2.75, 3.05) is 11.1 Å². The van der Waals surface area contributed by atoms with Crippen LogP contribution in [-0.4, -0.2) is 26.2 Å². The number of aromatic nitrogens is 1. The Balaban J connectivity index is 1.94. The average molecular weight is 277 g/mol. The molecule has 19 heavy (non-hydrogen) atoms. The maximum atomic E-state index is 11.9. The summed E-state index contributed by atoms with van der Waals surface area (Å²) in [5.74, 6) is 1.54. The molecule has 0 amide bonds. The fourth-order valence-corrected chi connectivity index (χ4v) is 3.85. The fourth-order valence-electron chi connectivity index (χ4n) is 2.51. The first kappa shape index (κ1) is 14.0. The summed E-state index contributed by atoms with van der Waals surface area (Å²) < 4.78 is 11.9. The number of anilines is 1. The first-order valence-corrected chi connectivity index (χ1v) is 8.11. The normalized spacial score (nSPS) is 24.4. The van der Waals surface area contributed by atoms with E-state index in [9.17, 15) is 4.21 Å². The third kappa shape index (κ3) is 3.77. The minimum atomic E-state index is -0.701. The van der Waals surface area contributed by atoms with E-state index in [0.717, 1.165) is 37.3 Å². The molecule has 0 aliphatic heterocycles. The summed E-state index contributed by atoms with van der Waals surface area (Å²) in [5, 5.41) is 12.4. The van der Waals surface area contributed by atoms with Gasteiger partial charge in [-0.25, -0.2) is 4.98 Å². The molecular weight excluding hydrogens is 258 g/mol. The van der Waals surface area contributed by atoms with Gasteiger partial charge in [0.05, 0.1) is 5.56 Å². The van der Waals surface area contributed by atoms with Crippen LogP contribution in [0.1, 0.15) is 38.2 Å². The van der Waals surface area contributed by atoms with E-state index in [4.69, 9.17) is 5.26 Å². The summed E-state index contributed by atoms with van der Waals surface area (Å²) in [4.78, 5) is 4.22. The van der Waals surface area contributed by atoms with E-state index in [0.29, 0.717) is 16.9 Å². The molecule has 4 nitrogen and oxygen atoms in total. The summed E-state index contributed by atoms with van der Waals surface area (Å²) in [6, 6.07) is 6.00. The molecule has 1 aliphatic rings. The lowest BCUT2D eigenvalue weighted by Gasteiger charge is -2.29. The van der Waals surface area contributed by atoms with Crippen molar-refractivity contribution in [3.8, 4) is 6.07 Å². The van der Waals surface area contributed by atoms with Gasteiger partial charge in [-0.15, -0.1) is 0 Å². The first-order chi connectivity index (χ1) is 9.22. The van der Waals surface area contributed by atoms with Gasteiger partial charge in [0.1, 0.15) is 11.9 Å². The van der Waals surface area contributed by atoms with Gasteiger partial charge in [-0.05, 0) is 31.4 Å². The van der Waals surface area contributed by atoms with Crippen LogP contribution in [0.2, 0.25) is 0 Å². The molecular formula is C14H19N3OS. The zero-order valence-corrected chi connectivity index (χ0v) is 11.9. The third-order valence-corrected chi connectivity index (χ3v) is 5.27. The van der Waals surface area contributed by atoms with Crippen LogP contribution >= 0.6 is 0 Å². The van der Waals surface area contributed by atoms with Gasteiger partial charge in [0.15, 0.2) is 0 Å². The quantitative estimate of drug-likeness (QED) is 0.918. The molecule has 3 unspecified atom stereocenters. The Bertz CT molecular complexity index is 480. The lowest BCUT2D eigenvalue weighted by molar-refractivity contribution is 0.464. The number of hydrogen-bond donors (Lipinski definition) is 1. The second kappa shape index (κ2) is 6.67. The molecule has 0 bridgehead atoms. The van der Waals surface area contributed by atoms with Crippen LogP contribution < -0.4 is 5.32 Å². The number of rotatable bonds is 4. The molecule has 1 heterocycles. The molecule has 1 aromatic heterocycles. The van der Waals surface area contributed by atoms with Crippen LogP contribution in [0.5, 0.6) is 0 Å². The summed E-state index contributed by atoms with van der Waals surface area (Å²) in [5.41, 5.74) is 0.569. The van der Waals surface area contributed by atoms with Gasteiger partial charge in [0.2, 0.25) is 0 Å². The highest BCUT2D eigenvalue weighted by atomic mass is 32.2. The number of pyridine rings is 1. The van der Waals surface area contributed by atoms with Gasteiger partial charge in [-0.3, -0.25) is 4.21 Å². The predicted molar refractivity (Wildman–Crippen MR) is 77.3 cm³/mol. The molecule has 102 valence electrons. The monoisotopic (exact) mass is 277 g/mol. The van der Waals surface area contributed by atoms with E-state index in [-0.39, 0.29) is 0 Å². The van der Waals surface area contributed by atoms with E-state index >= 15 is 0 Å². The maximum Gasteiger partial charge on any atom is 0.126 e. The lowest BCUT2D eigenvalue weighted by Crippen LogP contribution is -2.33. The Labute approximate surface area is 116 Å². The molecule has 1 fully saturated rings. The molecule has 1 aromatic rings. The standard InChI is InChI=1S/C14H19N3OS/c1-2-19(18)13-5-3-4-12(8-13)17-14-7-6-11(9-15)10-16-14/h6-7,10,12-13H,2-5,8H2,1H3,(H,16,17). The summed E-state index contributed by atoms with van der Waals surface area (Å²) in [7, 11) is -0.701.